The van der Waals surface area contributed by atoms with Crippen LogP contribution >= 0.6 is 11.6 Å². The molecule has 0 saturated carbocycles. The normalized spacial score (nSPS) is 11.5. The third-order valence-corrected chi connectivity index (χ3v) is 3.80. The van der Waals surface area contributed by atoms with Crippen molar-refractivity contribution >= 4 is 23.4 Å². The molecule has 132 valence electrons. The maximum atomic E-state index is 12.3. The van der Waals surface area contributed by atoms with Crippen molar-refractivity contribution < 1.29 is 23.8 Å². The monoisotopic (exact) mass is 362 g/mol. The van der Waals surface area contributed by atoms with Crippen LogP contribution in [0.5, 0.6) is 11.5 Å². The zero-order chi connectivity index (χ0) is 18.4. The van der Waals surface area contributed by atoms with Gasteiger partial charge in [0.1, 0.15) is 11.5 Å². The molecule has 2 rings (SSSR count). The lowest BCUT2D eigenvalue weighted by molar-refractivity contribution is -0.148. The lowest BCUT2D eigenvalue weighted by atomic mass is 10.1. The SMILES string of the molecule is COc1ccc(C(=O)[C@H](C)OC(=O)COc2cc(C)ccc2Cl)cc1. The lowest BCUT2D eigenvalue weighted by Gasteiger charge is -2.13. The smallest absolute Gasteiger partial charge is 0.344 e. The highest BCUT2D eigenvalue weighted by Crippen LogP contribution is 2.25. The van der Waals surface area contributed by atoms with E-state index in [1.54, 1.807) is 43.5 Å². The minimum atomic E-state index is -0.919. The fourth-order valence-corrected chi connectivity index (χ4v) is 2.30. The highest BCUT2D eigenvalue weighted by atomic mass is 35.5. The number of methoxy groups -OCH3 is 1. The molecule has 2 aromatic rings. The van der Waals surface area contributed by atoms with E-state index in [1.807, 2.05) is 13.0 Å². The first kappa shape index (κ1) is 18.8. The van der Waals surface area contributed by atoms with Gasteiger partial charge in [0.05, 0.1) is 12.1 Å². The molecule has 0 heterocycles. The van der Waals surface area contributed by atoms with E-state index < -0.39 is 12.1 Å². The van der Waals surface area contributed by atoms with Crippen molar-refractivity contribution in [3.63, 3.8) is 0 Å². The fraction of sp³-hybridized carbons (Fsp3) is 0.263. The quantitative estimate of drug-likeness (QED) is 0.553. The number of aryl methyl sites for hydroxylation is 1. The second-order valence-electron chi connectivity index (χ2n) is 5.45. The Hall–Kier alpha value is -2.53. The highest BCUT2D eigenvalue weighted by Gasteiger charge is 2.20. The van der Waals surface area contributed by atoms with Gasteiger partial charge in [-0.3, -0.25) is 4.79 Å². The number of esters is 1. The first-order valence-electron chi connectivity index (χ1n) is 7.67. The molecule has 0 radical (unpaired) electrons. The number of hydrogen-bond acceptors (Lipinski definition) is 5. The largest absolute Gasteiger partial charge is 0.497 e. The van der Waals surface area contributed by atoms with Crippen molar-refractivity contribution in [3.8, 4) is 11.5 Å². The number of Topliss-reactive ketones (excluding diaryl/α,β-unsaturated/α-hetero) is 1. The van der Waals surface area contributed by atoms with Crippen molar-refractivity contribution in [1.82, 2.24) is 0 Å². The zero-order valence-corrected chi connectivity index (χ0v) is 15.0. The molecular weight excluding hydrogens is 344 g/mol. The van der Waals surface area contributed by atoms with Gasteiger partial charge in [0, 0.05) is 5.56 Å². The number of carbonyl (C=O) groups excluding carboxylic acids is 2. The molecule has 2 aromatic carbocycles. The van der Waals surface area contributed by atoms with Crippen LogP contribution < -0.4 is 9.47 Å². The first-order valence-corrected chi connectivity index (χ1v) is 8.05. The Kier molecular flexibility index (Phi) is 6.42. The van der Waals surface area contributed by atoms with Gasteiger partial charge < -0.3 is 14.2 Å². The molecule has 0 saturated heterocycles. The predicted octanol–water partition coefficient (Wildman–Crippen LogP) is 3.85. The van der Waals surface area contributed by atoms with E-state index in [-0.39, 0.29) is 12.4 Å². The molecule has 0 aliphatic heterocycles. The summed E-state index contributed by atoms with van der Waals surface area (Å²) < 4.78 is 15.5. The van der Waals surface area contributed by atoms with Crippen LogP contribution in [0.25, 0.3) is 0 Å². The summed E-state index contributed by atoms with van der Waals surface area (Å²) in [5, 5.41) is 0.403. The van der Waals surface area contributed by atoms with E-state index in [0.717, 1.165) is 5.56 Å². The van der Waals surface area contributed by atoms with Crippen LogP contribution in [0.2, 0.25) is 5.02 Å². The summed E-state index contributed by atoms with van der Waals surface area (Å²) in [4.78, 5) is 24.2. The summed E-state index contributed by atoms with van der Waals surface area (Å²) in [6.07, 6.45) is -0.919. The number of rotatable bonds is 7. The summed E-state index contributed by atoms with van der Waals surface area (Å²) in [5.74, 6) is 0.0916. The molecule has 0 bridgehead atoms. The average molecular weight is 363 g/mol. The third kappa shape index (κ3) is 5.22. The minimum absolute atomic E-state index is 0.301. The molecule has 1 atom stereocenters. The zero-order valence-electron chi connectivity index (χ0n) is 14.2. The molecule has 6 heteroatoms. The minimum Gasteiger partial charge on any atom is -0.497 e. The van der Waals surface area contributed by atoms with Gasteiger partial charge in [-0.05, 0) is 55.8 Å². The van der Waals surface area contributed by atoms with Crippen LogP contribution in [0.4, 0.5) is 0 Å². The number of ketones is 1. The molecule has 0 aromatic heterocycles. The summed E-state index contributed by atoms with van der Waals surface area (Å²) in [6.45, 7) is 3.07. The van der Waals surface area contributed by atoms with Crippen molar-refractivity contribution in [3.05, 3.63) is 58.6 Å². The Morgan fingerprint density at radius 1 is 1.12 bits per heavy atom. The van der Waals surface area contributed by atoms with Crippen LogP contribution in [-0.2, 0) is 9.53 Å². The van der Waals surface area contributed by atoms with E-state index in [1.165, 1.54) is 6.92 Å². The van der Waals surface area contributed by atoms with Gasteiger partial charge in [-0.1, -0.05) is 17.7 Å². The second-order valence-corrected chi connectivity index (χ2v) is 5.85. The number of hydrogen-bond donors (Lipinski definition) is 0. The van der Waals surface area contributed by atoms with Crippen LogP contribution in [0.1, 0.15) is 22.8 Å². The van der Waals surface area contributed by atoms with Crippen molar-refractivity contribution in [2.75, 3.05) is 13.7 Å². The van der Waals surface area contributed by atoms with E-state index in [9.17, 15) is 9.59 Å². The summed E-state index contributed by atoms with van der Waals surface area (Å²) in [6, 6.07) is 11.8. The van der Waals surface area contributed by atoms with Crippen molar-refractivity contribution in [2.24, 2.45) is 0 Å². The Labute approximate surface area is 151 Å². The molecule has 0 aliphatic carbocycles. The third-order valence-electron chi connectivity index (χ3n) is 3.48. The van der Waals surface area contributed by atoms with Crippen molar-refractivity contribution in [2.45, 2.75) is 20.0 Å². The van der Waals surface area contributed by atoms with E-state index in [0.29, 0.717) is 22.1 Å². The Bertz CT molecular complexity index is 755. The maximum Gasteiger partial charge on any atom is 0.344 e. The topological polar surface area (TPSA) is 61.8 Å². The lowest BCUT2D eigenvalue weighted by Crippen LogP contribution is -2.27. The van der Waals surface area contributed by atoms with Crippen LogP contribution in [-0.4, -0.2) is 31.6 Å². The number of benzene rings is 2. The summed E-state index contributed by atoms with van der Waals surface area (Å²) in [5.41, 5.74) is 1.39. The molecule has 0 aliphatic rings. The maximum absolute atomic E-state index is 12.3. The molecule has 0 spiro atoms. The molecule has 0 amide bonds. The van der Waals surface area contributed by atoms with E-state index >= 15 is 0 Å². The molecular formula is C19H19ClO5. The Morgan fingerprint density at radius 3 is 2.44 bits per heavy atom. The Morgan fingerprint density at radius 2 is 1.80 bits per heavy atom. The second kappa shape index (κ2) is 8.53. The molecule has 25 heavy (non-hydrogen) atoms. The van der Waals surface area contributed by atoms with E-state index in [4.69, 9.17) is 25.8 Å². The number of ether oxygens (including phenoxy) is 3. The molecule has 0 fully saturated rings. The van der Waals surface area contributed by atoms with Crippen LogP contribution in [0.15, 0.2) is 42.5 Å². The van der Waals surface area contributed by atoms with Crippen LogP contribution in [0.3, 0.4) is 0 Å². The van der Waals surface area contributed by atoms with Gasteiger partial charge >= 0.3 is 5.97 Å². The predicted molar refractivity (Wildman–Crippen MR) is 94.6 cm³/mol. The standard InChI is InChI=1S/C19H19ClO5/c1-12-4-9-16(20)17(10-12)24-11-18(21)25-13(2)19(22)14-5-7-15(23-3)8-6-14/h4-10,13H,11H2,1-3H3/t13-/m0/s1. The molecule has 0 unspecified atom stereocenters. The Balaban J connectivity index is 1.90. The van der Waals surface area contributed by atoms with Gasteiger partial charge in [-0.2, -0.15) is 0 Å². The molecule has 0 N–H and O–H groups in total. The number of halogens is 1. The highest BCUT2D eigenvalue weighted by molar-refractivity contribution is 6.32. The van der Waals surface area contributed by atoms with Crippen LogP contribution in [0, 0.1) is 6.92 Å². The van der Waals surface area contributed by atoms with Gasteiger partial charge in [-0.15, -0.1) is 0 Å². The van der Waals surface area contributed by atoms with Gasteiger partial charge in [-0.25, -0.2) is 4.79 Å². The van der Waals surface area contributed by atoms with Gasteiger partial charge in [0.2, 0.25) is 5.78 Å². The molecule has 5 nitrogen and oxygen atoms in total. The van der Waals surface area contributed by atoms with Gasteiger partial charge in [0.25, 0.3) is 0 Å². The number of carbonyl (C=O) groups is 2. The first-order chi connectivity index (χ1) is 11.9. The fourth-order valence-electron chi connectivity index (χ4n) is 2.13. The summed E-state index contributed by atoms with van der Waals surface area (Å²) in [7, 11) is 1.54. The van der Waals surface area contributed by atoms with E-state index in [2.05, 4.69) is 0 Å². The van der Waals surface area contributed by atoms with Gasteiger partial charge in [0.15, 0.2) is 12.7 Å². The van der Waals surface area contributed by atoms with Crippen molar-refractivity contribution in [1.29, 1.82) is 0 Å². The average Bonchev–Trinajstić information content (AvgIpc) is 2.61. The summed E-state index contributed by atoms with van der Waals surface area (Å²) >= 11 is 6.00.